The summed E-state index contributed by atoms with van der Waals surface area (Å²) in [6.07, 6.45) is 11.4. The van der Waals surface area contributed by atoms with Gasteiger partial charge in [-0.15, -0.1) is 0 Å². The SMILES string of the molecule is C[Si](C)(C)c1ccc(-c2cccc3c2C=C[CH]3[Hf]([CH3])([CH3])([CH3])(=[SiH2])([CH2]Cc2ccccc2)[CH]2C=Cc3c(-c4ccc([Si](C)(C)C)cc4)cccc32)cc1. The second-order valence-electron chi connectivity index (χ2n) is 21.5. The van der Waals surface area contributed by atoms with Gasteiger partial charge in [0.15, 0.2) is 0 Å². The van der Waals surface area contributed by atoms with Crippen molar-refractivity contribution in [1.29, 1.82) is 0 Å². The van der Waals surface area contributed by atoms with Crippen LogP contribution in [0.4, 0.5) is 0 Å². The van der Waals surface area contributed by atoms with Crippen molar-refractivity contribution >= 4 is 45.6 Å². The van der Waals surface area contributed by atoms with Crippen molar-refractivity contribution in [1.82, 2.24) is 0 Å². The molecule has 51 heavy (non-hydrogen) atoms. The van der Waals surface area contributed by atoms with E-state index in [2.05, 4.69) is 200 Å². The van der Waals surface area contributed by atoms with Gasteiger partial charge in [0.2, 0.25) is 0 Å². The van der Waals surface area contributed by atoms with Gasteiger partial charge in [0.25, 0.3) is 0 Å². The van der Waals surface area contributed by atoms with Gasteiger partial charge in [-0.25, -0.2) is 0 Å². The molecule has 5 aromatic rings. The molecule has 0 amide bonds. The molecule has 2 aliphatic carbocycles. The average molecular weight is 886 g/mol. The third kappa shape index (κ3) is 6.22. The number of rotatable bonds is 9. The summed E-state index contributed by atoms with van der Waals surface area (Å²) in [5, 5.41) is 3.03. The molecule has 262 valence electrons. The third-order valence-electron chi connectivity index (χ3n) is 13.6. The van der Waals surface area contributed by atoms with Crippen LogP contribution in [0.3, 0.4) is 0 Å². The van der Waals surface area contributed by atoms with E-state index in [0.29, 0.717) is 7.35 Å². The van der Waals surface area contributed by atoms with E-state index in [1.54, 1.807) is 0 Å². The molecule has 0 aliphatic heterocycles. The van der Waals surface area contributed by atoms with E-state index < -0.39 is 30.3 Å². The molecule has 7 rings (SSSR count). The molecule has 5 aromatic carbocycles. The Morgan fingerprint density at radius 1 is 0.510 bits per heavy atom. The molecular formula is C47H58HfSi3. The zero-order valence-electron chi connectivity index (χ0n) is 32.6. The minimum atomic E-state index is -5.15. The van der Waals surface area contributed by atoms with Crippen molar-refractivity contribution in [3.8, 4) is 22.3 Å². The molecule has 0 heterocycles. The quantitative estimate of drug-likeness (QED) is 0.129. The van der Waals surface area contributed by atoms with Gasteiger partial charge in [0, 0.05) is 0 Å². The summed E-state index contributed by atoms with van der Waals surface area (Å²) in [5.41, 5.74) is 12.8. The number of hydrogen-bond acceptors (Lipinski definition) is 0. The van der Waals surface area contributed by atoms with Crippen molar-refractivity contribution < 1.29 is 14.2 Å². The molecule has 0 bridgehead atoms. The first-order chi connectivity index (χ1) is 23.7. The number of fused-ring (bicyclic) bond motifs is 2. The molecule has 0 spiro atoms. The number of benzene rings is 5. The van der Waals surface area contributed by atoms with Gasteiger partial charge in [-0.1, -0.05) is 0 Å². The number of hydrogen-bond donors (Lipinski definition) is 0. The molecule has 0 saturated carbocycles. The normalized spacial score (nSPS) is 19.1. The molecule has 4 heteroatoms. The van der Waals surface area contributed by atoms with Gasteiger partial charge in [-0.2, -0.15) is 0 Å². The molecule has 0 N–H and O–H groups in total. The second kappa shape index (κ2) is 11.3. The Balaban J connectivity index is 1.39. The Morgan fingerprint density at radius 2 is 0.922 bits per heavy atom. The predicted molar refractivity (Wildman–Crippen MR) is 234 cm³/mol. The van der Waals surface area contributed by atoms with Crippen molar-refractivity contribution in [2.75, 3.05) is 0 Å². The molecule has 0 saturated heterocycles. The summed E-state index contributed by atoms with van der Waals surface area (Å²) in [6.45, 7) is 17.1. The Bertz CT molecular complexity index is 2210. The first-order valence-electron chi connectivity index (χ1n) is 19.2. The van der Waals surface area contributed by atoms with E-state index in [4.69, 9.17) is 0 Å². The van der Waals surface area contributed by atoms with Crippen LogP contribution in [0, 0.1) is 0 Å². The Labute approximate surface area is 306 Å². The zero-order valence-corrected chi connectivity index (χ0v) is 39.6. The fraction of sp³-hybridized carbons (Fsp3) is 0.277. The van der Waals surface area contributed by atoms with Crippen molar-refractivity contribution in [2.24, 2.45) is 0 Å². The van der Waals surface area contributed by atoms with Gasteiger partial charge in [0.05, 0.1) is 0 Å². The Morgan fingerprint density at radius 3 is 1.31 bits per heavy atom. The van der Waals surface area contributed by atoms with Gasteiger partial charge in [-0.3, -0.25) is 0 Å². The van der Waals surface area contributed by atoms with Crippen LogP contribution in [-0.2, 0) is 20.6 Å². The van der Waals surface area contributed by atoms with Crippen molar-refractivity contribution in [3.05, 3.63) is 155 Å². The standard InChI is InChI=1S/2C18H19Si.C8H9.3CH3.Hf.H2Si/c2*1-19(2,3)16-12-10-15(11-13-16)18-9-5-7-14-6-4-8-17(14)18;1-2-8-6-4-3-5-7-8;;;;;/h2*4-13H,1-3H3;3-7H,1-2H2;3*1H3;;1H2. The van der Waals surface area contributed by atoms with Gasteiger partial charge in [-0.05, 0) is 0 Å². The molecule has 0 aromatic heterocycles. The molecule has 2 aliphatic rings. The molecule has 0 radical (unpaired) electrons. The Kier molecular flexibility index (Phi) is 8.08. The summed E-state index contributed by atoms with van der Waals surface area (Å²) in [5.74, 6) is 0. The fourth-order valence-corrected chi connectivity index (χ4v) is 49.1. The van der Waals surface area contributed by atoms with E-state index in [1.165, 1.54) is 64.6 Å². The molecule has 2 unspecified atom stereocenters. The van der Waals surface area contributed by atoms with Crippen LogP contribution in [0.15, 0.2) is 127 Å². The zero-order chi connectivity index (χ0) is 36.6. The molecular weight excluding hydrogens is 827 g/mol. The number of aryl methyl sites for hydroxylation is 1. The second-order valence-corrected chi connectivity index (χ2v) is 113. The first kappa shape index (κ1) is 36.5. The van der Waals surface area contributed by atoms with Crippen LogP contribution in [-0.4, -0.2) is 23.1 Å². The van der Waals surface area contributed by atoms with Crippen LogP contribution in [0.5, 0.6) is 0 Å². The van der Waals surface area contributed by atoms with Crippen LogP contribution in [0.2, 0.25) is 57.5 Å². The predicted octanol–water partition coefficient (Wildman–Crippen LogP) is 12.1. The van der Waals surface area contributed by atoms with Crippen LogP contribution >= 0.6 is 0 Å². The van der Waals surface area contributed by atoms with E-state index in [-0.39, 0.29) is 0 Å². The summed E-state index contributed by atoms with van der Waals surface area (Å²) < 4.78 is 10.5. The van der Waals surface area contributed by atoms with Crippen LogP contribution in [0.25, 0.3) is 34.4 Å². The van der Waals surface area contributed by atoms with Crippen LogP contribution < -0.4 is 10.4 Å². The van der Waals surface area contributed by atoms with E-state index >= 15 is 0 Å². The van der Waals surface area contributed by atoms with Crippen molar-refractivity contribution in [3.63, 3.8) is 0 Å². The third-order valence-corrected chi connectivity index (χ3v) is 63.3. The topological polar surface area (TPSA) is 0 Å². The first-order valence-corrected chi connectivity index (χ1v) is 52.0. The van der Waals surface area contributed by atoms with Crippen molar-refractivity contribution in [2.45, 2.75) is 71.3 Å². The van der Waals surface area contributed by atoms with E-state index in [0.717, 1.165) is 6.42 Å². The minimum absolute atomic E-state index is 0.368. The monoisotopic (exact) mass is 886 g/mol. The summed E-state index contributed by atoms with van der Waals surface area (Å²) in [6, 6.07) is 44.6. The fourth-order valence-electron chi connectivity index (χ4n) is 9.89. The number of allylic oxidation sites excluding steroid dienone is 2. The van der Waals surface area contributed by atoms with Gasteiger partial charge in [0.1, 0.15) is 0 Å². The van der Waals surface area contributed by atoms with Gasteiger partial charge >= 0.3 is 309 Å². The van der Waals surface area contributed by atoms with E-state index in [9.17, 15) is 0 Å². The average Bonchev–Trinajstić information content (AvgIpc) is 3.75. The van der Waals surface area contributed by atoms with Gasteiger partial charge < -0.3 is 0 Å². The van der Waals surface area contributed by atoms with E-state index in [1.807, 2.05) is 0 Å². The summed E-state index contributed by atoms with van der Waals surface area (Å²) >= 11 is -5.15. The van der Waals surface area contributed by atoms with Crippen LogP contribution in [0.1, 0.15) is 35.2 Å². The maximum absolute atomic E-state index is 5.15. The summed E-state index contributed by atoms with van der Waals surface area (Å²) in [4.78, 5) is 0. The molecule has 0 fully saturated rings. The summed E-state index contributed by atoms with van der Waals surface area (Å²) in [7, 11) is -2.74. The Hall–Kier alpha value is -2.90. The maximum atomic E-state index is 2.84. The molecule has 0 nitrogen and oxygen atoms in total. The molecule has 2 atom stereocenters.